The molecule has 0 heterocycles. The molecule has 0 spiro atoms. The summed E-state index contributed by atoms with van der Waals surface area (Å²) in [7, 11) is 0. The summed E-state index contributed by atoms with van der Waals surface area (Å²) in [5.74, 6) is 0. The van der Waals surface area contributed by atoms with Gasteiger partial charge in [-0.3, -0.25) is 0 Å². The summed E-state index contributed by atoms with van der Waals surface area (Å²) in [6, 6.07) is 0. The summed E-state index contributed by atoms with van der Waals surface area (Å²) in [6.07, 6.45) is 21.2. The van der Waals surface area contributed by atoms with E-state index in [1.807, 2.05) is 0 Å². The van der Waals surface area contributed by atoms with Crippen molar-refractivity contribution < 1.29 is 0 Å². The van der Waals surface area contributed by atoms with E-state index in [1.165, 1.54) is 83.5 Å². The molecule has 16 heavy (non-hydrogen) atoms. The zero-order valence-corrected chi connectivity index (χ0v) is 11.3. The highest BCUT2D eigenvalue weighted by Crippen LogP contribution is 2.16. The summed E-state index contributed by atoms with van der Waals surface area (Å²) in [5, 5.41) is 0. The summed E-state index contributed by atoms with van der Waals surface area (Å²) in [5.41, 5.74) is 1.63. The third kappa shape index (κ3) is 7.96. The molecule has 1 aliphatic carbocycles. The fourth-order valence-corrected chi connectivity index (χ4v) is 2.59. The smallest absolute Gasteiger partial charge is 0.0323 e. The molecule has 1 rings (SSSR count). The molecule has 0 amide bonds. The average Bonchev–Trinajstić information content (AvgIpc) is 2.29. The lowest BCUT2D eigenvalue weighted by Crippen LogP contribution is -1.82. The molecule has 0 unspecified atom stereocenters. The van der Waals surface area contributed by atoms with Crippen molar-refractivity contribution in [3.63, 3.8) is 0 Å². The highest BCUT2D eigenvalue weighted by atomic mass is 14.0. The molecular weight excluding hydrogens is 192 g/mol. The minimum Gasteiger partial charge on any atom is -0.0856 e. The van der Waals surface area contributed by atoms with Crippen molar-refractivity contribution in [3.05, 3.63) is 11.6 Å². The van der Waals surface area contributed by atoms with Gasteiger partial charge in [-0.2, -0.15) is 0 Å². The Morgan fingerprint density at radius 1 is 0.625 bits per heavy atom. The molecule has 0 nitrogen and oxygen atoms in total. The van der Waals surface area contributed by atoms with E-state index in [1.54, 1.807) is 5.57 Å². The zero-order valence-electron chi connectivity index (χ0n) is 11.3. The predicted molar refractivity (Wildman–Crippen MR) is 73.8 cm³/mol. The first-order valence-corrected chi connectivity index (χ1v) is 7.55. The molecule has 0 N–H and O–H groups in total. The second kappa shape index (κ2) is 9.93. The first kappa shape index (κ1) is 13.8. The van der Waals surface area contributed by atoms with Gasteiger partial charge in [-0.05, 0) is 32.6 Å². The maximum atomic E-state index is 2.49. The minimum absolute atomic E-state index is 1.33. The van der Waals surface area contributed by atoms with Gasteiger partial charge >= 0.3 is 0 Å². The van der Waals surface area contributed by atoms with Gasteiger partial charge in [0, 0.05) is 0 Å². The largest absolute Gasteiger partial charge is 0.0856 e. The van der Waals surface area contributed by atoms with Gasteiger partial charge in [0.25, 0.3) is 0 Å². The Bertz CT molecular complexity index is 178. The van der Waals surface area contributed by atoms with Crippen molar-refractivity contribution in [2.24, 2.45) is 0 Å². The molecule has 0 aliphatic heterocycles. The Kier molecular flexibility index (Phi) is 8.57. The second-order valence-corrected chi connectivity index (χ2v) is 5.48. The van der Waals surface area contributed by atoms with Crippen LogP contribution in [0.5, 0.6) is 0 Å². The second-order valence-electron chi connectivity index (χ2n) is 5.48. The van der Waals surface area contributed by atoms with E-state index >= 15 is 0 Å². The first-order chi connectivity index (χ1) is 7.89. The van der Waals surface area contributed by atoms with Crippen molar-refractivity contribution in [3.8, 4) is 0 Å². The van der Waals surface area contributed by atoms with E-state index in [0.29, 0.717) is 0 Å². The van der Waals surface area contributed by atoms with Gasteiger partial charge in [-0.25, -0.2) is 0 Å². The van der Waals surface area contributed by atoms with Crippen LogP contribution in [0.15, 0.2) is 11.6 Å². The summed E-state index contributed by atoms with van der Waals surface area (Å²) < 4.78 is 0. The third-order valence-corrected chi connectivity index (χ3v) is 3.77. The number of allylic oxidation sites excluding steroid dienone is 2. The first-order valence-electron chi connectivity index (χ1n) is 7.55. The Morgan fingerprint density at radius 2 is 1.06 bits per heavy atom. The molecule has 0 atom stereocenters. The van der Waals surface area contributed by atoms with E-state index in [0.717, 1.165) is 0 Å². The topological polar surface area (TPSA) is 0 Å². The monoisotopic (exact) mass is 222 g/mol. The Hall–Kier alpha value is -0.260. The molecule has 1 aliphatic rings. The van der Waals surface area contributed by atoms with Crippen LogP contribution in [0.4, 0.5) is 0 Å². The van der Waals surface area contributed by atoms with Crippen molar-refractivity contribution in [1.82, 2.24) is 0 Å². The SMILES string of the molecule is C/C1=C/CCCCCCCCCCCCC1. The molecule has 0 aromatic heterocycles. The summed E-state index contributed by atoms with van der Waals surface area (Å²) in [4.78, 5) is 0. The van der Waals surface area contributed by atoms with Gasteiger partial charge in [0.15, 0.2) is 0 Å². The molecule has 0 saturated carbocycles. The molecule has 0 aromatic carbocycles. The van der Waals surface area contributed by atoms with Crippen LogP contribution in [0.3, 0.4) is 0 Å². The van der Waals surface area contributed by atoms with Crippen LogP contribution in [0.1, 0.15) is 90.4 Å². The van der Waals surface area contributed by atoms with E-state index < -0.39 is 0 Å². The predicted octanol–water partition coefficient (Wildman–Crippen LogP) is 6.02. The standard InChI is InChI=1S/C16H30/c1-16-14-12-10-8-6-4-2-3-5-7-9-11-13-15-16/h14H,2-13,15H2,1H3/b16-14-. The van der Waals surface area contributed by atoms with Crippen LogP contribution in [-0.2, 0) is 0 Å². The third-order valence-electron chi connectivity index (χ3n) is 3.77. The van der Waals surface area contributed by atoms with Gasteiger partial charge in [0.2, 0.25) is 0 Å². The van der Waals surface area contributed by atoms with Crippen LogP contribution >= 0.6 is 0 Å². The fourth-order valence-electron chi connectivity index (χ4n) is 2.59. The highest BCUT2D eigenvalue weighted by Gasteiger charge is 1.96. The van der Waals surface area contributed by atoms with Gasteiger partial charge < -0.3 is 0 Å². The van der Waals surface area contributed by atoms with Crippen LogP contribution in [0.2, 0.25) is 0 Å². The van der Waals surface area contributed by atoms with Crippen molar-refractivity contribution >= 4 is 0 Å². The molecule has 0 fully saturated rings. The van der Waals surface area contributed by atoms with Crippen molar-refractivity contribution in [2.75, 3.05) is 0 Å². The van der Waals surface area contributed by atoms with Crippen LogP contribution in [0, 0.1) is 0 Å². The van der Waals surface area contributed by atoms with E-state index in [2.05, 4.69) is 13.0 Å². The Labute approximate surface area is 103 Å². The van der Waals surface area contributed by atoms with E-state index in [-0.39, 0.29) is 0 Å². The minimum atomic E-state index is 1.33. The number of hydrogen-bond acceptors (Lipinski definition) is 0. The molecule has 0 radical (unpaired) electrons. The number of rotatable bonds is 0. The lowest BCUT2D eigenvalue weighted by atomic mass is 10.0. The molecule has 94 valence electrons. The summed E-state index contributed by atoms with van der Waals surface area (Å²) >= 11 is 0. The lowest BCUT2D eigenvalue weighted by molar-refractivity contribution is 0.549. The maximum absolute atomic E-state index is 2.49. The Balaban J connectivity index is 2.19. The maximum Gasteiger partial charge on any atom is -0.0323 e. The van der Waals surface area contributed by atoms with E-state index in [4.69, 9.17) is 0 Å². The Morgan fingerprint density at radius 3 is 1.62 bits per heavy atom. The molecule has 0 bridgehead atoms. The van der Waals surface area contributed by atoms with Crippen molar-refractivity contribution in [2.45, 2.75) is 90.4 Å². The molecule has 0 saturated heterocycles. The van der Waals surface area contributed by atoms with Gasteiger partial charge in [0.1, 0.15) is 0 Å². The average molecular weight is 222 g/mol. The van der Waals surface area contributed by atoms with Gasteiger partial charge in [-0.1, -0.05) is 69.4 Å². The zero-order chi connectivity index (χ0) is 11.5. The summed E-state index contributed by atoms with van der Waals surface area (Å²) in [6.45, 7) is 2.32. The highest BCUT2D eigenvalue weighted by molar-refractivity contribution is 4.97. The van der Waals surface area contributed by atoms with Gasteiger partial charge in [-0.15, -0.1) is 0 Å². The quantitative estimate of drug-likeness (QED) is 0.440. The van der Waals surface area contributed by atoms with Gasteiger partial charge in [0.05, 0.1) is 0 Å². The van der Waals surface area contributed by atoms with Crippen LogP contribution in [0.25, 0.3) is 0 Å². The lowest BCUT2D eigenvalue weighted by Gasteiger charge is -2.02. The van der Waals surface area contributed by atoms with Crippen molar-refractivity contribution in [1.29, 1.82) is 0 Å². The number of hydrogen-bond donors (Lipinski definition) is 0. The molecular formula is C16H30. The fraction of sp³-hybridized carbons (Fsp3) is 0.875. The van der Waals surface area contributed by atoms with E-state index in [9.17, 15) is 0 Å². The molecule has 0 aromatic rings. The van der Waals surface area contributed by atoms with Crippen LogP contribution < -0.4 is 0 Å². The van der Waals surface area contributed by atoms with Crippen LogP contribution in [-0.4, -0.2) is 0 Å². The molecule has 0 heteroatoms. The normalized spacial score (nSPS) is 26.2.